The van der Waals surface area contributed by atoms with E-state index in [0.717, 1.165) is 49.7 Å². The van der Waals surface area contributed by atoms with Crippen LogP contribution < -0.4 is 5.69 Å². The summed E-state index contributed by atoms with van der Waals surface area (Å²) in [5, 5.41) is 0. The summed E-state index contributed by atoms with van der Waals surface area (Å²) in [5.41, 5.74) is 2.11. The molecular formula is C20H24N4O3. The number of likely N-dealkylation sites (tertiary alicyclic amines) is 2. The number of benzene rings is 1. The summed E-state index contributed by atoms with van der Waals surface area (Å²) < 4.78 is 1.86. The second-order valence-corrected chi connectivity index (χ2v) is 8.03. The number of fused-ring (bicyclic) bond motifs is 1. The number of amides is 2. The van der Waals surface area contributed by atoms with Crippen molar-refractivity contribution in [1.82, 2.24) is 19.4 Å². The first-order valence-corrected chi connectivity index (χ1v) is 9.95. The van der Waals surface area contributed by atoms with Crippen LogP contribution in [0, 0.1) is 0 Å². The van der Waals surface area contributed by atoms with E-state index in [2.05, 4.69) is 4.98 Å². The molecule has 2 saturated heterocycles. The van der Waals surface area contributed by atoms with Crippen LogP contribution in [0.5, 0.6) is 0 Å². The van der Waals surface area contributed by atoms with E-state index in [1.807, 2.05) is 21.6 Å². The molecule has 2 amide bonds. The number of H-pyrrole nitrogens is 1. The number of nitrogens with zero attached hydrogens (tertiary/aromatic N) is 3. The number of aromatic amines is 1. The van der Waals surface area contributed by atoms with Crippen LogP contribution in [-0.2, 0) is 4.79 Å². The number of nitrogens with one attached hydrogen (secondary N) is 1. The number of rotatable bonds is 3. The maximum absolute atomic E-state index is 12.8. The molecule has 27 heavy (non-hydrogen) atoms. The molecule has 7 heteroatoms. The first-order chi connectivity index (χ1) is 13.1. The summed E-state index contributed by atoms with van der Waals surface area (Å²) in [7, 11) is 0. The Morgan fingerprint density at radius 3 is 2.52 bits per heavy atom. The van der Waals surface area contributed by atoms with Gasteiger partial charge in [-0.15, -0.1) is 0 Å². The average molecular weight is 368 g/mol. The zero-order valence-electron chi connectivity index (χ0n) is 15.3. The summed E-state index contributed by atoms with van der Waals surface area (Å²) in [6.45, 7) is 2.01. The predicted molar refractivity (Wildman–Crippen MR) is 101 cm³/mol. The van der Waals surface area contributed by atoms with Gasteiger partial charge in [-0.25, -0.2) is 4.79 Å². The minimum atomic E-state index is -0.0851. The lowest BCUT2D eigenvalue weighted by Crippen LogP contribution is -2.61. The molecular weight excluding hydrogens is 344 g/mol. The third-order valence-electron chi connectivity index (χ3n) is 6.35. The van der Waals surface area contributed by atoms with Crippen LogP contribution in [0.2, 0.25) is 0 Å². The molecule has 2 aliphatic heterocycles. The minimum absolute atomic E-state index is 0.0331. The molecule has 3 heterocycles. The van der Waals surface area contributed by atoms with Gasteiger partial charge in [-0.2, -0.15) is 0 Å². The summed E-state index contributed by atoms with van der Waals surface area (Å²) >= 11 is 0. The Kier molecular flexibility index (Phi) is 3.84. The van der Waals surface area contributed by atoms with Gasteiger partial charge in [-0.3, -0.25) is 14.2 Å². The van der Waals surface area contributed by atoms with Crippen molar-refractivity contribution >= 4 is 22.8 Å². The maximum atomic E-state index is 12.8. The topological polar surface area (TPSA) is 78.4 Å². The van der Waals surface area contributed by atoms with Crippen LogP contribution in [0.1, 0.15) is 54.9 Å². The number of imidazole rings is 1. The highest BCUT2D eigenvalue weighted by atomic mass is 16.2. The predicted octanol–water partition coefficient (Wildman–Crippen LogP) is 1.89. The number of hydrogen-bond acceptors (Lipinski definition) is 3. The second-order valence-electron chi connectivity index (χ2n) is 8.03. The molecule has 142 valence electrons. The van der Waals surface area contributed by atoms with E-state index in [1.165, 1.54) is 0 Å². The minimum Gasteiger partial charge on any atom is -0.336 e. The third kappa shape index (κ3) is 2.67. The van der Waals surface area contributed by atoms with Crippen molar-refractivity contribution in [3.05, 3.63) is 34.2 Å². The summed E-state index contributed by atoms with van der Waals surface area (Å²) in [5.74, 6) is 0.175. The maximum Gasteiger partial charge on any atom is 0.326 e. The molecule has 2 aromatic rings. The van der Waals surface area contributed by atoms with Gasteiger partial charge in [-0.1, -0.05) is 12.8 Å². The van der Waals surface area contributed by atoms with Gasteiger partial charge in [0.05, 0.1) is 17.1 Å². The van der Waals surface area contributed by atoms with Gasteiger partial charge in [0.15, 0.2) is 0 Å². The lowest BCUT2D eigenvalue weighted by atomic mass is 10.0. The summed E-state index contributed by atoms with van der Waals surface area (Å²) in [6, 6.07) is 5.93. The molecule has 5 rings (SSSR count). The van der Waals surface area contributed by atoms with Crippen molar-refractivity contribution in [3.8, 4) is 0 Å². The van der Waals surface area contributed by atoms with Gasteiger partial charge in [0, 0.05) is 37.7 Å². The van der Waals surface area contributed by atoms with Gasteiger partial charge in [0.2, 0.25) is 5.91 Å². The van der Waals surface area contributed by atoms with Gasteiger partial charge in [0.1, 0.15) is 0 Å². The Morgan fingerprint density at radius 2 is 1.81 bits per heavy atom. The molecule has 0 bridgehead atoms. The molecule has 1 aromatic carbocycles. The number of hydrogen-bond donors (Lipinski definition) is 1. The highest BCUT2D eigenvalue weighted by Crippen LogP contribution is 2.31. The average Bonchev–Trinajstić information content (AvgIpc) is 3.33. The van der Waals surface area contributed by atoms with Crippen LogP contribution in [-0.4, -0.2) is 56.8 Å². The van der Waals surface area contributed by atoms with E-state index in [-0.39, 0.29) is 29.6 Å². The molecule has 1 saturated carbocycles. The van der Waals surface area contributed by atoms with Crippen molar-refractivity contribution in [2.24, 2.45) is 0 Å². The van der Waals surface area contributed by atoms with Crippen molar-refractivity contribution < 1.29 is 9.59 Å². The van der Waals surface area contributed by atoms with E-state index >= 15 is 0 Å². The van der Waals surface area contributed by atoms with E-state index in [1.54, 1.807) is 11.0 Å². The van der Waals surface area contributed by atoms with E-state index in [9.17, 15) is 14.4 Å². The molecule has 3 fully saturated rings. The molecule has 0 unspecified atom stereocenters. The zero-order chi connectivity index (χ0) is 18.5. The fourth-order valence-corrected chi connectivity index (χ4v) is 4.85. The van der Waals surface area contributed by atoms with E-state index < -0.39 is 0 Å². The largest absolute Gasteiger partial charge is 0.336 e. The number of carbonyl (C=O) groups is 2. The number of carbonyl (C=O) groups excluding carboxylic acids is 2. The van der Waals surface area contributed by atoms with Crippen LogP contribution >= 0.6 is 0 Å². The smallest absolute Gasteiger partial charge is 0.326 e. The molecule has 1 N–H and O–H groups in total. The molecule has 0 atom stereocenters. The quantitative estimate of drug-likeness (QED) is 0.899. The fourth-order valence-electron chi connectivity index (χ4n) is 4.85. The van der Waals surface area contributed by atoms with E-state index in [4.69, 9.17) is 0 Å². The standard InChI is InChI=1S/C20H24N4O3/c25-18-6-3-9-23(18)15-11-22(12-15)19(26)13-7-8-17-16(10-13)21-20(27)24(17)14-4-1-2-5-14/h7-8,10,14-15H,1-6,9,11-12H2,(H,21,27). The molecule has 1 aliphatic carbocycles. The number of aromatic nitrogens is 2. The van der Waals surface area contributed by atoms with Crippen molar-refractivity contribution in [2.75, 3.05) is 19.6 Å². The monoisotopic (exact) mass is 368 g/mol. The zero-order valence-corrected chi connectivity index (χ0v) is 15.3. The van der Waals surface area contributed by atoms with Gasteiger partial charge >= 0.3 is 5.69 Å². The first-order valence-electron chi connectivity index (χ1n) is 9.95. The van der Waals surface area contributed by atoms with Crippen molar-refractivity contribution in [2.45, 2.75) is 50.6 Å². The first kappa shape index (κ1) is 16.6. The Morgan fingerprint density at radius 1 is 1.04 bits per heavy atom. The summed E-state index contributed by atoms with van der Waals surface area (Å²) in [4.78, 5) is 43.6. The Labute approximate surface area is 156 Å². The van der Waals surface area contributed by atoms with Gasteiger partial charge < -0.3 is 14.8 Å². The highest BCUT2D eigenvalue weighted by molar-refractivity contribution is 5.98. The lowest BCUT2D eigenvalue weighted by Gasteiger charge is -2.44. The molecule has 7 nitrogen and oxygen atoms in total. The van der Waals surface area contributed by atoms with E-state index in [0.29, 0.717) is 25.1 Å². The highest BCUT2D eigenvalue weighted by Gasteiger charge is 2.38. The normalized spacial score (nSPS) is 21.4. The Hall–Kier alpha value is -2.57. The van der Waals surface area contributed by atoms with Gasteiger partial charge in [-0.05, 0) is 37.5 Å². The SMILES string of the molecule is O=C(c1ccc2c(c1)[nH]c(=O)n2C1CCCC1)N1CC(N2CCCC2=O)C1. The summed E-state index contributed by atoms with van der Waals surface area (Å²) in [6.07, 6.45) is 5.96. The fraction of sp³-hybridized carbons (Fsp3) is 0.550. The molecule has 0 radical (unpaired) electrons. The molecule has 3 aliphatic rings. The molecule has 0 spiro atoms. The molecule has 1 aromatic heterocycles. The van der Waals surface area contributed by atoms with Crippen LogP contribution in [0.4, 0.5) is 0 Å². The Balaban J connectivity index is 1.34. The van der Waals surface area contributed by atoms with Crippen molar-refractivity contribution in [1.29, 1.82) is 0 Å². The third-order valence-corrected chi connectivity index (χ3v) is 6.35. The Bertz CT molecular complexity index is 963. The van der Waals surface area contributed by atoms with Crippen LogP contribution in [0.25, 0.3) is 11.0 Å². The van der Waals surface area contributed by atoms with Gasteiger partial charge in [0.25, 0.3) is 5.91 Å². The lowest BCUT2D eigenvalue weighted by molar-refractivity contribution is -0.132. The van der Waals surface area contributed by atoms with Crippen molar-refractivity contribution in [3.63, 3.8) is 0 Å². The van der Waals surface area contributed by atoms with Crippen LogP contribution in [0.15, 0.2) is 23.0 Å². The second kappa shape index (κ2) is 6.25. The van der Waals surface area contributed by atoms with Crippen LogP contribution in [0.3, 0.4) is 0 Å².